The van der Waals surface area contributed by atoms with Crippen molar-refractivity contribution in [3.05, 3.63) is 46.6 Å². The van der Waals surface area contributed by atoms with Crippen LogP contribution in [-0.4, -0.2) is 34.0 Å². The van der Waals surface area contributed by atoms with Gasteiger partial charge in [-0.2, -0.15) is 4.98 Å². The van der Waals surface area contributed by atoms with Gasteiger partial charge >= 0.3 is 0 Å². The van der Waals surface area contributed by atoms with E-state index in [1.54, 1.807) is 6.07 Å². The molecule has 1 aliphatic rings. The number of halogens is 1. The van der Waals surface area contributed by atoms with Gasteiger partial charge in [0.05, 0.1) is 6.54 Å². The third kappa shape index (κ3) is 3.44. The minimum absolute atomic E-state index is 0.0612. The van der Waals surface area contributed by atoms with E-state index in [4.69, 9.17) is 16.1 Å². The van der Waals surface area contributed by atoms with E-state index < -0.39 is 6.04 Å². The van der Waals surface area contributed by atoms with E-state index in [-0.39, 0.29) is 11.3 Å². The van der Waals surface area contributed by atoms with Gasteiger partial charge < -0.3 is 9.84 Å². The molecule has 0 radical (unpaired) electrons. The number of aromatic nitrogens is 2. The molecule has 6 nitrogen and oxygen atoms in total. The van der Waals surface area contributed by atoms with Crippen molar-refractivity contribution in [3.8, 4) is 0 Å². The number of nitrogens with one attached hydrogen (secondary N) is 1. The Bertz CT molecular complexity index is 738. The number of benzene rings is 1. The summed E-state index contributed by atoms with van der Waals surface area (Å²) in [5.74, 6) is 1.11. The molecular formula is C17H21ClN4O2. The lowest BCUT2D eigenvalue weighted by atomic mass is 9.97. The average molecular weight is 349 g/mol. The molecule has 2 heterocycles. The van der Waals surface area contributed by atoms with E-state index in [9.17, 15) is 4.79 Å². The first kappa shape index (κ1) is 16.9. The Morgan fingerprint density at radius 1 is 1.38 bits per heavy atom. The standard InChI is InChI=1S/C17H21ClN4O2/c1-17(2,3)16-20-13(21-24-16)10-22-9-8-19-15(23)14(22)11-6-4-5-7-12(11)18/h4-7,14H,8-10H2,1-3H3,(H,19,23). The first-order valence-corrected chi connectivity index (χ1v) is 8.33. The van der Waals surface area contributed by atoms with Gasteiger partial charge in [0.15, 0.2) is 5.82 Å². The number of amides is 1. The highest BCUT2D eigenvalue weighted by atomic mass is 35.5. The molecule has 3 rings (SSSR count). The lowest BCUT2D eigenvalue weighted by Gasteiger charge is -2.34. The van der Waals surface area contributed by atoms with E-state index in [2.05, 4.69) is 15.5 Å². The molecule has 7 heteroatoms. The molecule has 128 valence electrons. The Balaban J connectivity index is 1.86. The van der Waals surface area contributed by atoms with Crippen LogP contribution in [0.15, 0.2) is 28.8 Å². The summed E-state index contributed by atoms with van der Waals surface area (Å²) >= 11 is 6.30. The molecule has 0 bridgehead atoms. The number of piperazine rings is 1. The van der Waals surface area contributed by atoms with Gasteiger partial charge in [0.2, 0.25) is 11.8 Å². The number of nitrogens with zero attached hydrogens (tertiary/aromatic N) is 3. The van der Waals surface area contributed by atoms with Crippen LogP contribution in [0.4, 0.5) is 0 Å². The molecular weight excluding hydrogens is 328 g/mol. The molecule has 1 saturated heterocycles. The number of carbonyl (C=O) groups is 1. The van der Waals surface area contributed by atoms with Gasteiger partial charge in [-0.3, -0.25) is 9.69 Å². The highest BCUT2D eigenvalue weighted by Crippen LogP contribution is 2.30. The summed E-state index contributed by atoms with van der Waals surface area (Å²) in [7, 11) is 0. The Morgan fingerprint density at radius 3 is 2.79 bits per heavy atom. The molecule has 1 aromatic heterocycles. The lowest BCUT2D eigenvalue weighted by Crippen LogP contribution is -2.49. The van der Waals surface area contributed by atoms with Crippen molar-refractivity contribution in [1.82, 2.24) is 20.4 Å². The third-order valence-corrected chi connectivity index (χ3v) is 4.31. The zero-order chi connectivity index (χ0) is 17.3. The predicted molar refractivity (Wildman–Crippen MR) is 90.6 cm³/mol. The fourth-order valence-electron chi connectivity index (χ4n) is 2.72. The molecule has 2 aromatic rings. The smallest absolute Gasteiger partial charge is 0.242 e. The lowest BCUT2D eigenvalue weighted by molar-refractivity contribution is -0.129. The first-order chi connectivity index (χ1) is 11.4. The highest BCUT2D eigenvalue weighted by molar-refractivity contribution is 6.31. The van der Waals surface area contributed by atoms with E-state index in [1.165, 1.54) is 0 Å². The summed E-state index contributed by atoms with van der Waals surface area (Å²) in [5, 5.41) is 7.54. The Morgan fingerprint density at radius 2 is 2.12 bits per heavy atom. The molecule has 0 spiro atoms. The van der Waals surface area contributed by atoms with Gasteiger partial charge in [0.1, 0.15) is 6.04 Å². The molecule has 24 heavy (non-hydrogen) atoms. The van der Waals surface area contributed by atoms with Gasteiger partial charge in [-0.25, -0.2) is 0 Å². The van der Waals surface area contributed by atoms with Crippen LogP contribution in [0.1, 0.15) is 44.1 Å². The molecule has 0 aliphatic carbocycles. The van der Waals surface area contributed by atoms with E-state index in [0.717, 1.165) is 5.56 Å². The number of hydrogen-bond acceptors (Lipinski definition) is 5. The van der Waals surface area contributed by atoms with Crippen LogP contribution < -0.4 is 5.32 Å². The Labute approximate surface area is 146 Å². The number of hydrogen-bond donors (Lipinski definition) is 1. The molecule has 1 aromatic carbocycles. The van der Waals surface area contributed by atoms with E-state index in [0.29, 0.717) is 36.4 Å². The maximum Gasteiger partial charge on any atom is 0.242 e. The maximum atomic E-state index is 12.4. The average Bonchev–Trinajstić information content (AvgIpc) is 2.98. The molecule has 1 fully saturated rings. The summed E-state index contributed by atoms with van der Waals surface area (Å²) in [5.41, 5.74) is 0.586. The van der Waals surface area contributed by atoms with Crippen molar-refractivity contribution < 1.29 is 9.32 Å². The molecule has 0 saturated carbocycles. The fraction of sp³-hybridized carbons (Fsp3) is 0.471. The maximum absolute atomic E-state index is 12.4. The largest absolute Gasteiger partial charge is 0.353 e. The minimum atomic E-state index is -0.455. The molecule has 1 aliphatic heterocycles. The number of carbonyl (C=O) groups excluding carboxylic acids is 1. The van der Waals surface area contributed by atoms with Crippen molar-refractivity contribution in [2.24, 2.45) is 0 Å². The number of rotatable bonds is 3. The van der Waals surface area contributed by atoms with Crippen molar-refractivity contribution in [2.45, 2.75) is 38.8 Å². The molecule has 1 unspecified atom stereocenters. The molecule has 1 atom stereocenters. The van der Waals surface area contributed by atoms with Gasteiger partial charge in [-0.05, 0) is 11.6 Å². The normalized spacial score (nSPS) is 19.3. The zero-order valence-electron chi connectivity index (χ0n) is 14.0. The van der Waals surface area contributed by atoms with E-state index >= 15 is 0 Å². The topological polar surface area (TPSA) is 71.3 Å². The minimum Gasteiger partial charge on any atom is -0.353 e. The van der Waals surface area contributed by atoms with Crippen LogP contribution in [0.2, 0.25) is 5.02 Å². The zero-order valence-corrected chi connectivity index (χ0v) is 14.8. The predicted octanol–water partition coefficient (Wildman–Crippen LogP) is 2.69. The van der Waals surface area contributed by atoms with Crippen molar-refractivity contribution in [3.63, 3.8) is 0 Å². The third-order valence-electron chi connectivity index (χ3n) is 3.97. The summed E-state index contributed by atoms with van der Waals surface area (Å²) in [6.45, 7) is 7.77. The highest BCUT2D eigenvalue weighted by Gasteiger charge is 2.33. The summed E-state index contributed by atoms with van der Waals surface area (Å²) in [4.78, 5) is 18.9. The van der Waals surface area contributed by atoms with Gasteiger partial charge in [0, 0.05) is 23.5 Å². The van der Waals surface area contributed by atoms with E-state index in [1.807, 2.05) is 43.9 Å². The van der Waals surface area contributed by atoms with Crippen LogP contribution in [-0.2, 0) is 16.8 Å². The second kappa shape index (κ2) is 6.53. The van der Waals surface area contributed by atoms with Crippen molar-refractivity contribution >= 4 is 17.5 Å². The van der Waals surface area contributed by atoms with Gasteiger partial charge in [-0.1, -0.05) is 55.7 Å². The Hall–Kier alpha value is -1.92. The van der Waals surface area contributed by atoms with Crippen LogP contribution in [0.3, 0.4) is 0 Å². The van der Waals surface area contributed by atoms with Crippen LogP contribution in [0.25, 0.3) is 0 Å². The quantitative estimate of drug-likeness (QED) is 0.923. The second-order valence-electron chi connectivity index (χ2n) is 6.95. The fourth-order valence-corrected chi connectivity index (χ4v) is 2.96. The summed E-state index contributed by atoms with van der Waals surface area (Å²) < 4.78 is 5.35. The van der Waals surface area contributed by atoms with Crippen LogP contribution >= 0.6 is 11.6 Å². The summed E-state index contributed by atoms with van der Waals surface area (Å²) in [6, 6.07) is 6.95. The van der Waals surface area contributed by atoms with Crippen LogP contribution in [0, 0.1) is 0 Å². The SMILES string of the molecule is CC(C)(C)c1nc(CN2CCNC(=O)C2c2ccccc2Cl)no1. The van der Waals surface area contributed by atoms with Crippen molar-refractivity contribution in [1.29, 1.82) is 0 Å². The molecule has 1 N–H and O–H groups in total. The Kier molecular flexibility index (Phi) is 4.60. The monoisotopic (exact) mass is 348 g/mol. The van der Waals surface area contributed by atoms with Gasteiger partial charge in [0.25, 0.3) is 0 Å². The molecule has 1 amide bonds. The second-order valence-corrected chi connectivity index (χ2v) is 7.36. The first-order valence-electron chi connectivity index (χ1n) is 7.95. The van der Waals surface area contributed by atoms with Gasteiger partial charge in [-0.15, -0.1) is 0 Å². The summed E-state index contributed by atoms with van der Waals surface area (Å²) in [6.07, 6.45) is 0. The van der Waals surface area contributed by atoms with Crippen LogP contribution in [0.5, 0.6) is 0 Å². The van der Waals surface area contributed by atoms with Crippen molar-refractivity contribution in [2.75, 3.05) is 13.1 Å².